The number of hydrogen-bond acceptors (Lipinski definition) is 17. The van der Waals surface area contributed by atoms with Gasteiger partial charge in [-0.15, -0.1) is 0 Å². The second kappa shape index (κ2) is 21.1. The molecular weight excluding hydrogens is 752 g/mol. The molecule has 3 radical (unpaired) electrons. The van der Waals surface area contributed by atoms with Gasteiger partial charge in [-0.05, 0) is 0 Å². The molecule has 2 amide bonds. The van der Waals surface area contributed by atoms with Crippen LogP contribution in [0, 0.1) is 5.41 Å². The van der Waals surface area contributed by atoms with Gasteiger partial charge in [-0.25, -0.2) is 28.6 Å². The molecule has 23 nitrogen and oxygen atoms in total. The smallest absolute Gasteiger partial charge is 0.386 e. The van der Waals surface area contributed by atoms with Gasteiger partial charge in [-0.3, -0.25) is 27.7 Å². The van der Waals surface area contributed by atoms with Crippen LogP contribution in [0.15, 0.2) is 12.7 Å². The molecule has 1 saturated heterocycles. The minimum atomic E-state index is -5.54. The fraction of sp³-hybridized carbons (Fsp3) is 0.667. The Bertz CT molecular complexity index is 1610. The van der Waals surface area contributed by atoms with E-state index in [1.807, 2.05) is 0 Å². The van der Waals surface area contributed by atoms with Crippen LogP contribution in [0.2, 0.25) is 0 Å². The number of imidazole rings is 1. The average Bonchev–Trinajstić information content (AvgIpc) is 3.54. The number of nitrogen functional groups attached to an aromatic ring is 1. The van der Waals surface area contributed by atoms with Crippen LogP contribution in [0.4, 0.5) is 5.82 Å². The van der Waals surface area contributed by atoms with Crippen LogP contribution < -0.4 is 16.4 Å². The van der Waals surface area contributed by atoms with Crippen LogP contribution in [0.5, 0.6) is 0 Å². The van der Waals surface area contributed by atoms with E-state index in [1.165, 1.54) is 13.8 Å². The Kier molecular flexibility index (Phi) is 21.0. The van der Waals surface area contributed by atoms with Crippen LogP contribution in [-0.2, 0) is 45.9 Å². The molecule has 2 aromatic rings. The summed E-state index contributed by atoms with van der Waals surface area (Å²) < 4.78 is 61.7. The number of thiol groups is 1. The van der Waals surface area contributed by atoms with Gasteiger partial charge in [-0.1, -0.05) is 13.8 Å². The van der Waals surface area contributed by atoms with Crippen molar-refractivity contribution in [3.8, 4) is 0 Å². The number of aliphatic hydroxyl groups is 2. The predicted octanol–water partition coefficient (Wildman–Crippen LogP) is -2.81. The normalized spacial score (nSPS) is 22.0. The van der Waals surface area contributed by atoms with E-state index in [1.54, 1.807) is 0 Å². The second-order valence-corrected chi connectivity index (χ2v) is 15.5. The number of phosphoric ester groups is 3. The predicted molar refractivity (Wildman–Crippen MR) is 181 cm³/mol. The van der Waals surface area contributed by atoms with E-state index in [0.717, 1.165) is 17.2 Å². The molecule has 30 heteroatoms. The van der Waals surface area contributed by atoms with Crippen LogP contribution in [0.25, 0.3) is 11.2 Å². The molecule has 7 atom stereocenters. The molecule has 7 unspecified atom stereocenters. The molecule has 1 aliphatic heterocycles. The molecule has 10 N–H and O–H groups in total. The standard InChI is InChI=1S/C21H36N7O16P3S.3Li/c1-21(2,16(31)19(32)24-4-3-12(29)23-5-6-48)8-41-47(38,39)44-46(36,37)40-7-11-15(43-45(33,34)35)14(30)20(42-11)28-10-27-13-17(22)25-9-26-18(13)28;;;/h9-11,14-16,20,30-31,48H,3-8H2,1-2H3,(H,23,29)(H,24,32)(H,36,37)(H,38,39)(H2,22,25,26)(H2,33,34,35);;;. The van der Waals surface area contributed by atoms with Gasteiger partial charge in [0.15, 0.2) is 17.7 Å². The molecule has 275 valence electrons. The Morgan fingerprint density at radius 1 is 1.06 bits per heavy atom. The van der Waals surface area contributed by atoms with E-state index in [2.05, 4.69) is 47.0 Å². The molecule has 2 aromatic heterocycles. The van der Waals surface area contributed by atoms with Crippen molar-refractivity contribution in [1.82, 2.24) is 30.2 Å². The van der Waals surface area contributed by atoms with Crippen molar-refractivity contribution < 1.29 is 75.7 Å². The number of rotatable bonds is 18. The third-order valence-corrected chi connectivity index (χ3v) is 9.83. The largest absolute Gasteiger partial charge is 0.481 e. The Hall–Kier alpha value is -0.318. The van der Waals surface area contributed by atoms with E-state index in [4.69, 9.17) is 19.5 Å². The van der Waals surface area contributed by atoms with Crippen LogP contribution in [-0.4, -0.2) is 174 Å². The summed E-state index contributed by atoms with van der Waals surface area (Å²) in [6.07, 6.45) is -6.74. The summed E-state index contributed by atoms with van der Waals surface area (Å²) in [5, 5.41) is 26.1. The van der Waals surface area contributed by atoms with Crippen molar-refractivity contribution >= 4 is 121 Å². The summed E-state index contributed by atoms with van der Waals surface area (Å²) in [6, 6.07) is 0. The minimum absolute atomic E-state index is 0. The summed E-state index contributed by atoms with van der Waals surface area (Å²) >= 11 is 3.95. The quantitative estimate of drug-likeness (QED) is 0.0414. The molecule has 3 heterocycles. The number of fused-ring (bicyclic) bond motifs is 1. The summed E-state index contributed by atoms with van der Waals surface area (Å²) in [6.45, 7) is 0.723. The Morgan fingerprint density at radius 3 is 2.29 bits per heavy atom. The molecule has 1 aliphatic rings. The van der Waals surface area contributed by atoms with Crippen molar-refractivity contribution in [2.24, 2.45) is 5.41 Å². The van der Waals surface area contributed by atoms with Gasteiger partial charge in [0.25, 0.3) is 0 Å². The number of phosphoric acid groups is 3. The third kappa shape index (κ3) is 15.0. The van der Waals surface area contributed by atoms with Crippen molar-refractivity contribution in [3.63, 3.8) is 0 Å². The first-order valence-corrected chi connectivity index (χ1v) is 18.8. The van der Waals surface area contributed by atoms with E-state index in [0.29, 0.717) is 12.3 Å². The topological polar surface area (TPSA) is 347 Å². The number of hydrogen-bond donors (Lipinski definition) is 10. The number of amides is 2. The number of anilines is 1. The fourth-order valence-electron chi connectivity index (χ4n) is 4.14. The van der Waals surface area contributed by atoms with Gasteiger partial charge in [0.1, 0.15) is 36.3 Å². The number of nitrogens with two attached hydrogens (primary N) is 1. The third-order valence-electron chi connectivity index (χ3n) is 6.51. The average molecular weight is 788 g/mol. The Balaban J connectivity index is 0.00000833. The summed E-state index contributed by atoms with van der Waals surface area (Å²) in [5.41, 5.74) is 4.30. The van der Waals surface area contributed by atoms with Crippen molar-refractivity contribution in [3.05, 3.63) is 12.7 Å². The number of ether oxygens (including phenoxy) is 1. The zero-order valence-corrected chi connectivity index (χ0v) is 31.8. The molecule has 0 aromatic carbocycles. The molecule has 1 fully saturated rings. The van der Waals surface area contributed by atoms with Crippen LogP contribution in [0.3, 0.4) is 0 Å². The number of carbonyl (C=O) groups excluding carboxylic acids is 2. The number of nitrogens with one attached hydrogen (secondary N) is 2. The first-order valence-electron chi connectivity index (χ1n) is 13.7. The zero-order chi connectivity index (χ0) is 36.1. The van der Waals surface area contributed by atoms with Crippen molar-refractivity contribution in [2.75, 3.05) is 37.8 Å². The Morgan fingerprint density at radius 2 is 1.69 bits per heavy atom. The maximum atomic E-state index is 12.6. The zero-order valence-electron chi connectivity index (χ0n) is 28.2. The van der Waals surface area contributed by atoms with Gasteiger partial charge < -0.3 is 50.9 Å². The molecule has 0 saturated carbocycles. The second-order valence-electron chi connectivity index (χ2n) is 10.8. The van der Waals surface area contributed by atoms with E-state index >= 15 is 0 Å². The molecule has 0 bridgehead atoms. The van der Waals surface area contributed by atoms with E-state index < -0.39 is 78.6 Å². The SMILES string of the molecule is CC(C)(COP(=O)(O)OP(=O)(O)OCC1OC(n2cnc3c(N)ncnc32)C(O)C1OP(=O)(O)O)C(O)C(=O)NCCC(=O)NCCS.[Li].[Li].[Li]. The minimum Gasteiger partial charge on any atom is -0.386 e. The van der Waals surface area contributed by atoms with Crippen molar-refractivity contribution in [2.45, 2.75) is 50.9 Å². The maximum Gasteiger partial charge on any atom is 0.481 e. The number of aromatic nitrogens is 4. The number of aliphatic hydroxyl groups excluding tert-OH is 2. The van der Waals surface area contributed by atoms with Crippen LogP contribution in [0.1, 0.15) is 26.5 Å². The summed E-state index contributed by atoms with van der Waals surface area (Å²) in [4.78, 5) is 74.6. The first kappa shape index (κ1) is 50.7. The molecule has 0 spiro atoms. The number of nitrogens with zero attached hydrogens (tertiary/aromatic N) is 4. The monoisotopic (exact) mass is 788 g/mol. The van der Waals surface area contributed by atoms with Gasteiger partial charge in [0.2, 0.25) is 11.8 Å². The molecular formula is C21H36Li3N7O16P3S. The maximum absolute atomic E-state index is 12.6. The molecule has 0 aliphatic carbocycles. The van der Waals surface area contributed by atoms with Crippen molar-refractivity contribution in [1.29, 1.82) is 0 Å². The van der Waals surface area contributed by atoms with E-state index in [9.17, 15) is 53.1 Å². The first-order chi connectivity index (χ1) is 22.2. The summed E-state index contributed by atoms with van der Waals surface area (Å²) in [5.74, 6) is -0.943. The van der Waals surface area contributed by atoms with Gasteiger partial charge in [0, 0.05) is 87.3 Å². The summed E-state index contributed by atoms with van der Waals surface area (Å²) in [7, 11) is -16.3. The molecule has 3 rings (SSSR count). The molecule has 51 heavy (non-hydrogen) atoms. The van der Waals surface area contributed by atoms with Gasteiger partial charge >= 0.3 is 23.5 Å². The number of carbonyl (C=O) groups is 2. The Labute approximate surface area is 332 Å². The van der Waals surface area contributed by atoms with Gasteiger partial charge in [-0.2, -0.15) is 16.9 Å². The fourth-order valence-corrected chi connectivity index (χ4v) is 7.08. The van der Waals surface area contributed by atoms with Crippen LogP contribution >= 0.6 is 36.1 Å². The van der Waals surface area contributed by atoms with Gasteiger partial charge in [0.05, 0.1) is 19.5 Å². The van der Waals surface area contributed by atoms with E-state index in [-0.39, 0.29) is 92.4 Å².